The first-order chi connectivity index (χ1) is 10.8. The van der Waals surface area contributed by atoms with Crippen LogP contribution in [-0.2, 0) is 4.79 Å². The fourth-order valence-electron chi connectivity index (χ4n) is 5.19. The Kier molecular flexibility index (Phi) is 5.75. The predicted molar refractivity (Wildman–Crippen MR) is 87.9 cm³/mol. The molecule has 4 heteroatoms. The number of aliphatic carboxylic acids is 1. The molecule has 0 aromatic heterocycles. The molecule has 0 amide bonds. The van der Waals surface area contributed by atoms with Crippen LogP contribution >= 0.6 is 0 Å². The third kappa shape index (κ3) is 3.83. The Hall–Kier alpha value is -0.610. The van der Waals surface area contributed by atoms with Gasteiger partial charge in [-0.1, -0.05) is 38.5 Å². The van der Waals surface area contributed by atoms with Crippen molar-refractivity contribution in [3.8, 4) is 0 Å². The van der Waals surface area contributed by atoms with Gasteiger partial charge in [0.2, 0.25) is 0 Å². The van der Waals surface area contributed by atoms with Crippen molar-refractivity contribution in [2.45, 2.75) is 76.3 Å². The lowest BCUT2D eigenvalue weighted by Crippen LogP contribution is -2.53. The molecule has 2 saturated carbocycles. The molecule has 2 aliphatic carbocycles. The highest BCUT2D eigenvalue weighted by Crippen LogP contribution is 2.43. The van der Waals surface area contributed by atoms with Gasteiger partial charge in [0, 0.05) is 6.04 Å². The molecular weight excluding hydrogens is 276 g/mol. The van der Waals surface area contributed by atoms with E-state index in [1.165, 1.54) is 44.9 Å². The SMILES string of the molecule is O=C(O)[C@@H](NC1CCNCC1)C1CCCCC1C1CCCC1. The maximum atomic E-state index is 12.0. The number of piperidine rings is 1. The van der Waals surface area contributed by atoms with E-state index in [0.717, 1.165) is 38.3 Å². The third-order valence-electron chi connectivity index (χ3n) is 6.33. The maximum absolute atomic E-state index is 12.0. The van der Waals surface area contributed by atoms with Crippen LogP contribution in [0.3, 0.4) is 0 Å². The lowest BCUT2D eigenvalue weighted by Gasteiger charge is -2.40. The van der Waals surface area contributed by atoms with E-state index in [4.69, 9.17) is 0 Å². The second kappa shape index (κ2) is 7.78. The summed E-state index contributed by atoms with van der Waals surface area (Å²) in [6, 6.07) is 0.0579. The molecule has 0 spiro atoms. The number of carbonyl (C=O) groups is 1. The van der Waals surface area contributed by atoms with Crippen molar-refractivity contribution >= 4 is 5.97 Å². The summed E-state index contributed by atoms with van der Waals surface area (Å²) < 4.78 is 0. The summed E-state index contributed by atoms with van der Waals surface area (Å²) in [6.07, 6.45) is 12.4. The molecule has 0 aromatic carbocycles. The molecule has 4 nitrogen and oxygen atoms in total. The van der Waals surface area contributed by atoms with Gasteiger partial charge in [-0.15, -0.1) is 0 Å². The third-order valence-corrected chi connectivity index (χ3v) is 6.33. The first-order valence-electron chi connectivity index (χ1n) is 9.45. The van der Waals surface area contributed by atoms with Crippen molar-refractivity contribution in [1.82, 2.24) is 10.6 Å². The minimum atomic E-state index is -0.617. The summed E-state index contributed by atoms with van der Waals surface area (Å²) in [5.74, 6) is 1.17. The molecule has 22 heavy (non-hydrogen) atoms. The summed E-state index contributed by atoms with van der Waals surface area (Å²) in [6.45, 7) is 2.03. The van der Waals surface area contributed by atoms with Crippen LogP contribution in [-0.4, -0.2) is 36.2 Å². The van der Waals surface area contributed by atoms with Crippen LogP contribution in [0.4, 0.5) is 0 Å². The monoisotopic (exact) mass is 308 g/mol. The Morgan fingerprint density at radius 3 is 2.27 bits per heavy atom. The van der Waals surface area contributed by atoms with E-state index in [2.05, 4.69) is 10.6 Å². The van der Waals surface area contributed by atoms with Crippen LogP contribution in [0, 0.1) is 17.8 Å². The zero-order valence-corrected chi connectivity index (χ0v) is 13.7. The number of rotatable bonds is 5. The molecule has 1 heterocycles. The first kappa shape index (κ1) is 16.3. The molecule has 1 saturated heterocycles. The van der Waals surface area contributed by atoms with E-state index in [1.54, 1.807) is 0 Å². The van der Waals surface area contributed by atoms with Crippen molar-refractivity contribution < 1.29 is 9.90 Å². The van der Waals surface area contributed by atoms with E-state index in [0.29, 0.717) is 17.9 Å². The van der Waals surface area contributed by atoms with E-state index < -0.39 is 5.97 Å². The van der Waals surface area contributed by atoms with Gasteiger partial charge < -0.3 is 15.7 Å². The van der Waals surface area contributed by atoms with Crippen LogP contribution in [0.2, 0.25) is 0 Å². The standard InChI is InChI=1S/C18H32N2O2/c21-18(22)17(20-14-9-11-19-12-10-14)16-8-4-3-7-15(16)13-5-1-2-6-13/h13-17,19-20H,1-12H2,(H,21,22)/t15?,16?,17-/m0/s1. The topological polar surface area (TPSA) is 61.4 Å². The van der Waals surface area contributed by atoms with Crippen LogP contribution < -0.4 is 10.6 Å². The number of hydrogen-bond acceptors (Lipinski definition) is 3. The average Bonchev–Trinajstić information content (AvgIpc) is 3.08. The van der Waals surface area contributed by atoms with E-state index in [-0.39, 0.29) is 6.04 Å². The minimum absolute atomic E-state index is 0.325. The van der Waals surface area contributed by atoms with Crippen LogP contribution in [0.1, 0.15) is 64.2 Å². The first-order valence-corrected chi connectivity index (χ1v) is 9.45. The van der Waals surface area contributed by atoms with Gasteiger partial charge in [0.1, 0.15) is 6.04 Å². The van der Waals surface area contributed by atoms with Gasteiger partial charge in [0.15, 0.2) is 0 Å². The zero-order valence-electron chi connectivity index (χ0n) is 13.7. The van der Waals surface area contributed by atoms with Gasteiger partial charge in [-0.25, -0.2) is 0 Å². The highest BCUT2D eigenvalue weighted by Gasteiger charge is 2.40. The van der Waals surface area contributed by atoms with Gasteiger partial charge in [-0.3, -0.25) is 4.79 Å². The van der Waals surface area contributed by atoms with Crippen molar-refractivity contribution in [2.75, 3.05) is 13.1 Å². The molecule has 3 atom stereocenters. The molecule has 3 rings (SSSR count). The Balaban J connectivity index is 1.68. The number of carboxylic acid groups (broad SMARTS) is 1. The smallest absolute Gasteiger partial charge is 0.321 e. The predicted octanol–water partition coefficient (Wildman–Crippen LogP) is 2.78. The highest BCUT2D eigenvalue weighted by molar-refractivity contribution is 5.74. The van der Waals surface area contributed by atoms with Crippen LogP contribution in [0.5, 0.6) is 0 Å². The summed E-state index contributed by atoms with van der Waals surface area (Å²) in [4.78, 5) is 12.0. The fourth-order valence-corrected chi connectivity index (χ4v) is 5.19. The summed E-state index contributed by atoms with van der Waals surface area (Å²) in [7, 11) is 0. The summed E-state index contributed by atoms with van der Waals surface area (Å²) >= 11 is 0. The molecular formula is C18H32N2O2. The molecule has 3 aliphatic rings. The van der Waals surface area contributed by atoms with Crippen molar-refractivity contribution in [3.63, 3.8) is 0 Å². The molecule has 0 bridgehead atoms. The second-order valence-electron chi connectivity index (χ2n) is 7.66. The van der Waals surface area contributed by atoms with Crippen LogP contribution in [0.25, 0.3) is 0 Å². The quantitative estimate of drug-likeness (QED) is 0.731. The number of hydrogen-bond donors (Lipinski definition) is 3. The summed E-state index contributed by atoms with van der Waals surface area (Å²) in [5.41, 5.74) is 0. The highest BCUT2D eigenvalue weighted by atomic mass is 16.4. The van der Waals surface area contributed by atoms with Gasteiger partial charge in [-0.2, -0.15) is 0 Å². The Morgan fingerprint density at radius 1 is 0.955 bits per heavy atom. The van der Waals surface area contributed by atoms with Gasteiger partial charge >= 0.3 is 5.97 Å². The van der Waals surface area contributed by atoms with Crippen molar-refractivity contribution in [3.05, 3.63) is 0 Å². The molecule has 126 valence electrons. The lowest BCUT2D eigenvalue weighted by molar-refractivity contribution is -0.142. The molecule has 3 fully saturated rings. The Morgan fingerprint density at radius 2 is 1.59 bits per heavy atom. The molecule has 1 aliphatic heterocycles. The van der Waals surface area contributed by atoms with E-state index >= 15 is 0 Å². The summed E-state index contributed by atoms with van der Waals surface area (Å²) in [5, 5.41) is 16.7. The molecule has 3 N–H and O–H groups in total. The van der Waals surface area contributed by atoms with Crippen molar-refractivity contribution in [2.24, 2.45) is 17.8 Å². The van der Waals surface area contributed by atoms with E-state index in [9.17, 15) is 9.90 Å². The lowest BCUT2D eigenvalue weighted by atomic mass is 9.68. The second-order valence-corrected chi connectivity index (χ2v) is 7.66. The largest absolute Gasteiger partial charge is 0.480 e. The zero-order chi connectivity index (χ0) is 15.4. The van der Waals surface area contributed by atoms with E-state index in [1.807, 2.05) is 0 Å². The van der Waals surface area contributed by atoms with Crippen molar-refractivity contribution in [1.29, 1.82) is 0 Å². The van der Waals surface area contributed by atoms with Gasteiger partial charge in [0.25, 0.3) is 0 Å². The Bertz CT molecular complexity index is 362. The molecule has 0 aromatic rings. The van der Waals surface area contributed by atoms with Crippen LogP contribution in [0.15, 0.2) is 0 Å². The maximum Gasteiger partial charge on any atom is 0.321 e. The van der Waals surface area contributed by atoms with Gasteiger partial charge in [0.05, 0.1) is 0 Å². The molecule has 0 radical (unpaired) electrons. The molecule has 2 unspecified atom stereocenters. The minimum Gasteiger partial charge on any atom is -0.480 e. The van der Waals surface area contributed by atoms with Gasteiger partial charge in [-0.05, 0) is 56.5 Å². The normalized spacial score (nSPS) is 32.9. The number of carboxylic acids is 1. The fraction of sp³-hybridized carbons (Fsp3) is 0.944. The average molecular weight is 308 g/mol. The number of nitrogens with one attached hydrogen (secondary N) is 2. The Labute approximate surface area is 134 Å².